The first kappa shape index (κ1) is 66.7. The zero-order valence-corrected chi connectivity index (χ0v) is 48.4. The molecule has 0 bridgehead atoms. The number of esters is 1. The smallest absolute Gasteiger partial charge is 0.317 e. The molecule has 4 heterocycles. The number of carboxylic acids is 4. The largest absolute Gasteiger partial charge is 0.481 e. The quantitative estimate of drug-likeness (QED) is 0.0293. The standard InChI is InChI=1S/C55H74N12O18S/c1-3-30(2)48(52(82)61-37-12-9-32-5-4-6-33-22-39(67(49(32)33)53(37)83)51(81)62-38-23-47(79)85-54(38)84)63-42(70)25-57-41(69)24-58-50(80)36(13-14-43(71)72)60-40(68)15-16-56-55(86)59-34-10-7-31(8-11-34)21-35-26-65(28-45(75)76)18-17-64(27-44(73)74)19-20-66(35)29-46(77)78/h4-8,10-11,30,35-39,48,54,84H,3,9,12-29H2,1-2H3,(H,57,69)(H,58,80)(H,60,68)(H,61,82)(H,62,81)(H,63,70)(H,71,72)(H,73,74)(H,75,76)(H,77,78)(H2,56,59,86)/t30-,35?,36-,37-,38?,39-,48-,54?/m0/s1. The van der Waals surface area contributed by atoms with Gasteiger partial charge in [-0.1, -0.05) is 50.6 Å². The minimum absolute atomic E-state index is 0.0338. The van der Waals surface area contributed by atoms with E-state index in [4.69, 9.17) is 17.0 Å². The summed E-state index contributed by atoms with van der Waals surface area (Å²) in [6, 6.07) is 6.12. The number of para-hydroxylation sites is 1. The summed E-state index contributed by atoms with van der Waals surface area (Å²) in [6.45, 7) is 2.37. The third kappa shape index (κ3) is 19.9. The number of benzene rings is 2. The Balaban J connectivity index is 0.948. The van der Waals surface area contributed by atoms with Crippen molar-refractivity contribution < 1.29 is 87.8 Å². The molecule has 3 unspecified atom stereocenters. The van der Waals surface area contributed by atoms with Gasteiger partial charge in [0.05, 0.1) is 44.8 Å². The number of carbonyl (C=O) groups is 12. The number of amides is 7. The number of aliphatic hydroxyl groups is 1. The fourth-order valence-corrected chi connectivity index (χ4v) is 10.7. The first-order valence-electron chi connectivity index (χ1n) is 28.1. The van der Waals surface area contributed by atoms with Crippen molar-refractivity contribution in [1.29, 1.82) is 0 Å². The van der Waals surface area contributed by atoms with Crippen molar-refractivity contribution in [3.8, 4) is 0 Å². The minimum atomic E-state index is -1.56. The van der Waals surface area contributed by atoms with Crippen molar-refractivity contribution in [3.63, 3.8) is 0 Å². The van der Waals surface area contributed by atoms with E-state index in [-0.39, 0.29) is 96.1 Å². The number of aliphatic carboxylic acids is 4. The maximum absolute atomic E-state index is 14.3. The van der Waals surface area contributed by atoms with Gasteiger partial charge in [0.1, 0.15) is 30.2 Å². The highest BCUT2D eigenvalue weighted by Crippen LogP contribution is 2.39. The zero-order valence-electron chi connectivity index (χ0n) is 47.5. The molecule has 2 saturated heterocycles. The number of carbonyl (C=O) groups excluding carboxylic acids is 8. The molecular formula is C55H74N12O18S. The van der Waals surface area contributed by atoms with Crippen LogP contribution in [-0.4, -0.2) is 231 Å². The molecule has 86 heavy (non-hydrogen) atoms. The van der Waals surface area contributed by atoms with Gasteiger partial charge in [0.2, 0.25) is 47.6 Å². The third-order valence-electron chi connectivity index (χ3n) is 15.1. The second-order valence-electron chi connectivity index (χ2n) is 21.5. The number of hydrogen-bond donors (Lipinski definition) is 13. The summed E-state index contributed by atoms with van der Waals surface area (Å²) in [5, 5.41) is 69.2. The van der Waals surface area contributed by atoms with Crippen LogP contribution < -0.4 is 47.4 Å². The lowest BCUT2D eigenvalue weighted by atomic mass is 9.97. The van der Waals surface area contributed by atoms with Crippen molar-refractivity contribution in [1.82, 2.24) is 51.9 Å². The predicted octanol–water partition coefficient (Wildman–Crippen LogP) is -3.30. The van der Waals surface area contributed by atoms with Gasteiger partial charge in [-0.15, -0.1) is 0 Å². The van der Waals surface area contributed by atoms with Gasteiger partial charge in [-0.2, -0.15) is 0 Å². The molecule has 2 fully saturated rings. The molecule has 13 N–H and O–H groups in total. The predicted molar refractivity (Wildman–Crippen MR) is 307 cm³/mol. The van der Waals surface area contributed by atoms with Crippen molar-refractivity contribution >= 4 is 99.9 Å². The van der Waals surface area contributed by atoms with E-state index in [0.29, 0.717) is 30.6 Å². The second-order valence-corrected chi connectivity index (χ2v) is 21.9. The summed E-state index contributed by atoms with van der Waals surface area (Å²) in [7, 11) is 0. The van der Waals surface area contributed by atoms with Gasteiger partial charge in [-0.05, 0) is 72.6 Å². The number of thiocarbonyl (C=S) groups is 1. The Morgan fingerprint density at radius 2 is 1.38 bits per heavy atom. The highest BCUT2D eigenvalue weighted by atomic mass is 32.1. The fourth-order valence-electron chi connectivity index (χ4n) is 10.5. The number of cyclic esters (lactones) is 1. The molecular weight excluding hydrogens is 1150 g/mol. The Bertz CT molecular complexity index is 2880. The number of aryl methyl sites for hydroxylation is 1. The SMILES string of the molecule is CC[C@H](C)[C@H](NC(=O)CNC(=O)CNC(=O)[C@H](CCC(=O)O)NC(=O)CCNC(=S)Nc1ccc(CC2CN(CC(=O)O)CCN(CC(=O)O)CCN2CC(=O)O)cc1)C(=O)N[C@H]1CCc2cccc3c2N(C1=O)[C@H](C(=O)NC1CC(=O)OC1O)C3. The van der Waals surface area contributed by atoms with Crippen molar-refractivity contribution in [2.75, 3.05) is 82.2 Å². The summed E-state index contributed by atoms with van der Waals surface area (Å²) >= 11 is 5.41. The summed E-state index contributed by atoms with van der Waals surface area (Å²) in [6.07, 6.45) is -1.56. The van der Waals surface area contributed by atoms with Gasteiger partial charge in [-0.25, -0.2) is 0 Å². The number of hydrogen-bond acceptors (Lipinski definition) is 18. The molecule has 468 valence electrons. The average molecular weight is 1220 g/mol. The summed E-state index contributed by atoms with van der Waals surface area (Å²) in [5.74, 6) is -10.8. The van der Waals surface area contributed by atoms with Crippen LogP contribution in [0.4, 0.5) is 11.4 Å². The molecule has 4 aliphatic rings. The van der Waals surface area contributed by atoms with Crippen LogP contribution >= 0.6 is 12.2 Å². The molecule has 2 aromatic carbocycles. The van der Waals surface area contributed by atoms with E-state index in [9.17, 15) is 83.1 Å². The molecule has 0 spiro atoms. The molecule has 4 aliphatic heterocycles. The Labute approximate surface area is 499 Å². The highest BCUT2D eigenvalue weighted by Gasteiger charge is 2.46. The number of rotatable bonds is 28. The van der Waals surface area contributed by atoms with Crippen LogP contribution in [0.5, 0.6) is 0 Å². The molecule has 0 aromatic heterocycles. The Hall–Kier alpha value is -8.39. The number of carboxylic acid groups (broad SMARTS) is 4. The topological polar surface area (TPSA) is 424 Å². The molecule has 7 amide bonds. The number of nitrogens with zero attached hydrogens (tertiary/aromatic N) is 4. The molecule has 31 heteroatoms. The maximum atomic E-state index is 14.3. The normalized spacial score (nSPS) is 20.8. The van der Waals surface area contributed by atoms with E-state index in [1.165, 1.54) is 4.90 Å². The molecule has 30 nitrogen and oxygen atoms in total. The van der Waals surface area contributed by atoms with Gasteiger partial charge >= 0.3 is 29.8 Å². The van der Waals surface area contributed by atoms with Gasteiger partial charge in [0.15, 0.2) is 5.11 Å². The summed E-state index contributed by atoms with van der Waals surface area (Å²) in [5.41, 5.74) is 3.35. The lowest BCUT2D eigenvalue weighted by molar-refractivity contribution is -0.155. The van der Waals surface area contributed by atoms with E-state index in [2.05, 4.69) is 42.5 Å². The van der Waals surface area contributed by atoms with Crippen LogP contribution in [0.15, 0.2) is 42.5 Å². The number of ether oxygens (including phenoxy) is 1. The Kier molecular flexibility index (Phi) is 24.6. The Morgan fingerprint density at radius 3 is 2.05 bits per heavy atom. The van der Waals surface area contributed by atoms with Crippen LogP contribution in [0.2, 0.25) is 0 Å². The minimum Gasteiger partial charge on any atom is -0.481 e. The van der Waals surface area contributed by atoms with E-state index < -0.39 is 139 Å². The lowest BCUT2D eigenvalue weighted by Crippen LogP contribution is -2.59. The first-order chi connectivity index (χ1) is 40.9. The van der Waals surface area contributed by atoms with Gasteiger partial charge < -0.3 is 72.8 Å². The fraction of sp³-hybridized carbons (Fsp3) is 0.545. The van der Waals surface area contributed by atoms with E-state index >= 15 is 0 Å². The summed E-state index contributed by atoms with van der Waals surface area (Å²) in [4.78, 5) is 159. The molecule has 0 radical (unpaired) electrons. The highest BCUT2D eigenvalue weighted by molar-refractivity contribution is 7.80. The van der Waals surface area contributed by atoms with Crippen LogP contribution in [0.1, 0.15) is 69.1 Å². The summed E-state index contributed by atoms with van der Waals surface area (Å²) < 4.78 is 4.75. The molecule has 8 atom stereocenters. The van der Waals surface area contributed by atoms with E-state index in [1.807, 2.05) is 6.07 Å². The Morgan fingerprint density at radius 1 is 0.721 bits per heavy atom. The first-order valence-corrected chi connectivity index (χ1v) is 28.5. The van der Waals surface area contributed by atoms with Crippen molar-refractivity contribution in [2.24, 2.45) is 5.92 Å². The van der Waals surface area contributed by atoms with Crippen molar-refractivity contribution in [2.45, 2.75) is 114 Å². The third-order valence-corrected chi connectivity index (χ3v) is 15.4. The van der Waals surface area contributed by atoms with Crippen LogP contribution in [0, 0.1) is 5.92 Å². The van der Waals surface area contributed by atoms with Gasteiger partial charge in [-0.3, -0.25) is 77.1 Å². The van der Waals surface area contributed by atoms with Crippen LogP contribution in [-0.2, 0) is 81.5 Å². The van der Waals surface area contributed by atoms with Crippen molar-refractivity contribution in [3.05, 3.63) is 59.2 Å². The zero-order chi connectivity index (χ0) is 62.8. The molecule has 6 rings (SSSR count). The molecule has 0 saturated carbocycles. The van der Waals surface area contributed by atoms with E-state index in [0.717, 1.165) is 16.7 Å². The monoisotopic (exact) mass is 1220 g/mol. The number of anilines is 2. The van der Waals surface area contributed by atoms with E-state index in [1.54, 1.807) is 64.9 Å². The van der Waals surface area contributed by atoms with Gasteiger partial charge in [0.25, 0.3) is 0 Å². The maximum Gasteiger partial charge on any atom is 0.317 e. The average Bonchev–Trinajstić information content (AvgIpc) is 1.85. The van der Waals surface area contributed by atoms with Gasteiger partial charge in [0, 0.05) is 70.3 Å². The number of nitrogens with one attached hydrogen (secondary N) is 8. The van der Waals surface area contributed by atoms with Crippen LogP contribution in [0.25, 0.3) is 0 Å². The second kappa shape index (κ2) is 31.7. The molecule has 2 aromatic rings. The molecule has 0 aliphatic carbocycles. The van der Waals surface area contributed by atoms with Crippen LogP contribution in [0.3, 0.4) is 0 Å². The number of aliphatic hydroxyl groups excluding tert-OH is 1. The lowest BCUT2D eigenvalue weighted by Gasteiger charge is -2.33.